The average Bonchev–Trinajstić information content (AvgIpc) is 2.87. The number of carbonyl (C=O) groups excluding carboxylic acids is 1. The topological polar surface area (TPSA) is 100 Å². The number of rotatable bonds is 6. The number of aliphatic hydroxyl groups is 1. The number of aromatic nitrogens is 3. The molecule has 8 nitrogen and oxygen atoms in total. The van der Waals surface area contributed by atoms with Crippen molar-refractivity contribution in [3.63, 3.8) is 0 Å². The molecule has 0 aliphatic carbocycles. The van der Waals surface area contributed by atoms with Gasteiger partial charge < -0.3 is 19.9 Å². The van der Waals surface area contributed by atoms with Crippen molar-refractivity contribution in [2.75, 3.05) is 27.2 Å². The van der Waals surface area contributed by atoms with E-state index in [1.807, 2.05) is 19.0 Å². The molecule has 4 rings (SSSR count). The normalized spacial score (nSPS) is 11.3. The highest BCUT2D eigenvalue weighted by Gasteiger charge is 2.18. The zero-order valence-corrected chi connectivity index (χ0v) is 21.6. The molecule has 3 aromatic heterocycles. The second-order valence-corrected chi connectivity index (χ2v) is 9.65. The van der Waals surface area contributed by atoms with Gasteiger partial charge in [0.1, 0.15) is 17.0 Å². The minimum absolute atomic E-state index is 0.0735. The molecule has 0 fully saturated rings. The second-order valence-electron chi connectivity index (χ2n) is 9.65. The monoisotopic (exact) mass is 513 g/mol. The molecule has 0 aliphatic heterocycles. The number of pyridine rings is 3. The highest BCUT2D eigenvalue weighted by molar-refractivity contribution is 5.97. The third kappa shape index (κ3) is 6.11. The predicted molar refractivity (Wildman–Crippen MR) is 144 cm³/mol. The first kappa shape index (κ1) is 26.7. The fourth-order valence-corrected chi connectivity index (χ4v) is 3.78. The number of halogens is 1. The van der Waals surface area contributed by atoms with Gasteiger partial charge in [-0.3, -0.25) is 14.6 Å². The number of carbonyl (C=O) groups is 1. The van der Waals surface area contributed by atoms with Gasteiger partial charge in [-0.15, -0.1) is 0 Å². The van der Waals surface area contributed by atoms with Gasteiger partial charge in [-0.2, -0.15) is 0 Å². The van der Waals surface area contributed by atoms with Crippen LogP contribution >= 0.6 is 0 Å². The first-order chi connectivity index (χ1) is 18.0. The first-order valence-electron chi connectivity index (χ1n) is 12.0. The lowest BCUT2D eigenvalue weighted by atomic mass is 9.99. The highest BCUT2D eigenvalue weighted by atomic mass is 19.1. The van der Waals surface area contributed by atoms with Crippen LogP contribution in [-0.2, 0) is 5.60 Å². The van der Waals surface area contributed by atoms with Gasteiger partial charge in [-0.05, 0) is 64.3 Å². The lowest BCUT2D eigenvalue weighted by molar-refractivity contribution is 0.0782. The SMILES string of the molecule is CN(C)CCNC(=O)c1cn(-c2cc(F)cc(C#Cc3cncc(C(C)(C)O)c3)c2)c2ncccc2c1=O. The molecule has 0 aliphatic rings. The van der Waals surface area contributed by atoms with Crippen molar-refractivity contribution in [2.45, 2.75) is 19.4 Å². The van der Waals surface area contributed by atoms with Gasteiger partial charge in [0.2, 0.25) is 5.43 Å². The number of hydrogen-bond acceptors (Lipinski definition) is 6. The quantitative estimate of drug-likeness (QED) is 0.385. The molecule has 0 spiro atoms. The summed E-state index contributed by atoms with van der Waals surface area (Å²) in [4.78, 5) is 36.3. The summed E-state index contributed by atoms with van der Waals surface area (Å²) < 4.78 is 16.3. The Bertz CT molecular complexity index is 1630. The Morgan fingerprint density at radius 3 is 2.66 bits per heavy atom. The summed E-state index contributed by atoms with van der Waals surface area (Å²) in [6, 6.07) is 9.14. The average molecular weight is 514 g/mol. The summed E-state index contributed by atoms with van der Waals surface area (Å²) >= 11 is 0. The Kier molecular flexibility index (Phi) is 7.67. The lowest BCUT2D eigenvalue weighted by Crippen LogP contribution is -2.34. The Morgan fingerprint density at radius 2 is 1.92 bits per heavy atom. The van der Waals surface area contributed by atoms with Crippen molar-refractivity contribution in [3.8, 4) is 17.5 Å². The molecule has 9 heteroatoms. The molecule has 4 aromatic rings. The van der Waals surface area contributed by atoms with E-state index >= 15 is 0 Å². The summed E-state index contributed by atoms with van der Waals surface area (Å²) in [5.74, 6) is 4.82. The van der Waals surface area contributed by atoms with Gasteiger partial charge in [0.25, 0.3) is 5.91 Å². The van der Waals surface area contributed by atoms with Gasteiger partial charge in [-0.1, -0.05) is 11.8 Å². The predicted octanol–water partition coefficient (Wildman–Crippen LogP) is 2.84. The van der Waals surface area contributed by atoms with Crippen LogP contribution in [0, 0.1) is 17.7 Å². The van der Waals surface area contributed by atoms with Crippen LogP contribution in [0.1, 0.15) is 40.9 Å². The molecule has 38 heavy (non-hydrogen) atoms. The van der Waals surface area contributed by atoms with E-state index in [0.29, 0.717) is 35.5 Å². The van der Waals surface area contributed by atoms with Gasteiger partial charge >= 0.3 is 0 Å². The summed E-state index contributed by atoms with van der Waals surface area (Å²) in [6.07, 6.45) is 6.03. The maximum absolute atomic E-state index is 14.7. The molecular formula is C29H28FN5O3. The number of nitrogens with zero attached hydrogens (tertiary/aromatic N) is 4. The molecule has 0 saturated heterocycles. The summed E-state index contributed by atoms with van der Waals surface area (Å²) in [5, 5.41) is 13.2. The molecule has 0 bridgehead atoms. The summed E-state index contributed by atoms with van der Waals surface area (Å²) in [7, 11) is 3.76. The molecule has 1 aromatic carbocycles. The van der Waals surface area contributed by atoms with Crippen LogP contribution in [0.25, 0.3) is 16.7 Å². The van der Waals surface area contributed by atoms with Crippen molar-refractivity contribution < 1.29 is 14.3 Å². The van der Waals surface area contributed by atoms with Crippen LogP contribution in [0.3, 0.4) is 0 Å². The Hall–Kier alpha value is -4.39. The maximum Gasteiger partial charge on any atom is 0.256 e. The van der Waals surface area contributed by atoms with Crippen LogP contribution in [0.4, 0.5) is 4.39 Å². The van der Waals surface area contributed by atoms with E-state index in [4.69, 9.17) is 0 Å². The van der Waals surface area contributed by atoms with E-state index < -0.39 is 22.8 Å². The number of amides is 1. The zero-order chi connectivity index (χ0) is 27.4. The van der Waals surface area contributed by atoms with E-state index in [-0.39, 0.29) is 16.6 Å². The Balaban J connectivity index is 1.78. The Morgan fingerprint density at radius 1 is 1.16 bits per heavy atom. The first-order valence-corrected chi connectivity index (χ1v) is 12.0. The van der Waals surface area contributed by atoms with Crippen LogP contribution in [0.15, 0.2) is 66.0 Å². The van der Waals surface area contributed by atoms with Crippen molar-refractivity contribution in [1.82, 2.24) is 24.8 Å². The van der Waals surface area contributed by atoms with E-state index in [2.05, 4.69) is 27.1 Å². The molecule has 3 heterocycles. The fraction of sp³-hybridized carbons (Fsp3) is 0.241. The van der Waals surface area contributed by atoms with Gasteiger partial charge in [0, 0.05) is 54.6 Å². The number of nitrogens with one attached hydrogen (secondary N) is 1. The van der Waals surface area contributed by atoms with Crippen LogP contribution < -0.4 is 10.7 Å². The third-order valence-corrected chi connectivity index (χ3v) is 5.81. The molecule has 0 atom stereocenters. The third-order valence-electron chi connectivity index (χ3n) is 5.81. The zero-order valence-electron chi connectivity index (χ0n) is 21.6. The molecule has 0 saturated carbocycles. The molecule has 0 radical (unpaired) electrons. The van der Waals surface area contributed by atoms with Crippen LogP contribution in [0.5, 0.6) is 0 Å². The van der Waals surface area contributed by atoms with Crippen molar-refractivity contribution in [3.05, 3.63) is 99.5 Å². The second kappa shape index (κ2) is 10.9. The van der Waals surface area contributed by atoms with Gasteiger partial charge in [-0.25, -0.2) is 9.37 Å². The number of benzene rings is 1. The highest BCUT2D eigenvalue weighted by Crippen LogP contribution is 2.20. The Labute approximate surface area is 219 Å². The van der Waals surface area contributed by atoms with E-state index in [1.54, 1.807) is 50.5 Å². The minimum Gasteiger partial charge on any atom is -0.386 e. The molecule has 1 amide bonds. The van der Waals surface area contributed by atoms with Crippen molar-refractivity contribution in [1.29, 1.82) is 0 Å². The smallest absolute Gasteiger partial charge is 0.256 e. The molecular weight excluding hydrogens is 485 g/mol. The van der Waals surface area contributed by atoms with E-state index in [1.165, 1.54) is 29.1 Å². The van der Waals surface area contributed by atoms with Gasteiger partial charge in [0.15, 0.2) is 0 Å². The molecule has 2 N–H and O–H groups in total. The van der Waals surface area contributed by atoms with Crippen LogP contribution in [0.2, 0.25) is 0 Å². The lowest BCUT2D eigenvalue weighted by Gasteiger charge is -2.16. The molecule has 194 valence electrons. The number of likely N-dealkylation sites (N-methyl/N-ethyl adjacent to an activating group) is 1. The largest absolute Gasteiger partial charge is 0.386 e. The fourth-order valence-electron chi connectivity index (χ4n) is 3.78. The maximum atomic E-state index is 14.7. The molecule has 0 unspecified atom stereocenters. The van der Waals surface area contributed by atoms with Gasteiger partial charge in [0.05, 0.1) is 16.7 Å². The van der Waals surface area contributed by atoms with E-state index in [0.717, 1.165) is 0 Å². The van der Waals surface area contributed by atoms with Crippen molar-refractivity contribution >= 4 is 16.9 Å². The number of hydrogen-bond donors (Lipinski definition) is 2. The van der Waals surface area contributed by atoms with E-state index in [9.17, 15) is 19.1 Å². The standard InChI is InChI=1S/C29H28FN5O3/c1-29(2,38)21-12-20(16-31-17-21)8-7-19-13-22(30)15-23(14-19)35-18-25(28(37)33-10-11-34(3)4)26(36)24-6-5-9-32-27(24)35/h5-6,9,12-18,38H,10-11H2,1-4H3,(H,33,37). The summed E-state index contributed by atoms with van der Waals surface area (Å²) in [5.41, 5.74) is 0.559. The number of fused-ring (bicyclic) bond motifs is 1. The summed E-state index contributed by atoms with van der Waals surface area (Å²) in [6.45, 7) is 4.27. The van der Waals surface area contributed by atoms with Crippen molar-refractivity contribution in [2.24, 2.45) is 0 Å². The minimum atomic E-state index is -1.08. The van der Waals surface area contributed by atoms with Crippen LogP contribution in [-0.4, -0.2) is 57.6 Å².